The van der Waals surface area contributed by atoms with E-state index in [0.717, 1.165) is 0 Å². The predicted molar refractivity (Wildman–Crippen MR) is 160 cm³/mol. The van der Waals surface area contributed by atoms with Crippen molar-refractivity contribution >= 4 is 29.7 Å². The summed E-state index contributed by atoms with van der Waals surface area (Å²) in [7, 11) is 1.19. The van der Waals surface area contributed by atoms with Crippen LogP contribution >= 0.6 is 0 Å². The zero-order valence-corrected chi connectivity index (χ0v) is 27.6. The number of hydrogen-bond donors (Lipinski definition) is 3. The number of aliphatic hydroxyl groups excluding tert-OH is 2. The van der Waals surface area contributed by atoms with Crippen molar-refractivity contribution in [3.63, 3.8) is 0 Å². The Morgan fingerprint density at radius 3 is 2.48 bits per heavy atom. The number of ether oxygens (including phenoxy) is 5. The molecule has 11 atom stereocenters. The molecule has 0 bridgehead atoms. The van der Waals surface area contributed by atoms with Crippen LogP contribution in [0.25, 0.3) is 0 Å². The minimum atomic E-state index is -1.58. The maximum absolute atomic E-state index is 13.9. The predicted octanol–water partition coefficient (Wildman–Crippen LogP) is 1.51. The molecule has 0 aromatic heterocycles. The first-order valence-electron chi connectivity index (χ1n) is 15.8. The molecule has 4 aliphatic rings. The lowest BCUT2D eigenvalue weighted by molar-refractivity contribution is -0.266. The summed E-state index contributed by atoms with van der Waals surface area (Å²) < 4.78 is 28.2. The molecule has 0 radical (unpaired) electrons. The summed E-state index contributed by atoms with van der Waals surface area (Å²) in [4.78, 5) is 66.2. The Kier molecular flexibility index (Phi) is 10.5. The fraction of sp³-hybridized carbons (Fsp3) is 0.727. The van der Waals surface area contributed by atoms with Crippen molar-refractivity contribution in [1.82, 2.24) is 0 Å². The molecule has 2 aliphatic heterocycles. The van der Waals surface area contributed by atoms with E-state index in [9.17, 15) is 34.2 Å². The fourth-order valence-corrected chi connectivity index (χ4v) is 8.28. The summed E-state index contributed by atoms with van der Waals surface area (Å²) in [6.45, 7) is 10.0. The molecule has 1 spiro atoms. The van der Waals surface area contributed by atoms with Crippen molar-refractivity contribution in [1.29, 1.82) is 0 Å². The second-order valence-electron chi connectivity index (χ2n) is 13.8. The van der Waals surface area contributed by atoms with Gasteiger partial charge in [0.25, 0.3) is 0 Å². The summed E-state index contributed by atoms with van der Waals surface area (Å²) in [6, 6.07) is -0.953. The lowest BCUT2D eigenvalue weighted by Crippen LogP contribution is -2.71. The number of esters is 4. The summed E-state index contributed by atoms with van der Waals surface area (Å²) in [6.07, 6.45) is -4.18. The molecule has 0 aromatic carbocycles. The van der Waals surface area contributed by atoms with E-state index >= 15 is 0 Å². The van der Waals surface area contributed by atoms with E-state index in [2.05, 4.69) is 0 Å². The van der Waals surface area contributed by atoms with Gasteiger partial charge in [-0.05, 0) is 50.0 Å². The van der Waals surface area contributed by atoms with Crippen molar-refractivity contribution < 1.29 is 57.9 Å². The number of methoxy groups -OCH3 is 1. The molecule has 2 heterocycles. The van der Waals surface area contributed by atoms with Crippen molar-refractivity contribution in [2.45, 2.75) is 97.7 Å². The van der Waals surface area contributed by atoms with Gasteiger partial charge in [0.05, 0.1) is 32.8 Å². The number of carbonyl (C=O) groups excluding carboxylic acids is 5. The third-order valence-corrected chi connectivity index (χ3v) is 10.7. The molecule has 4 rings (SSSR count). The summed E-state index contributed by atoms with van der Waals surface area (Å²) in [5.74, 6) is -6.70. The van der Waals surface area contributed by atoms with Gasteiger partial charge >= 0.3 is 23.9 Å². The number of aliphatic hydroxyl groups is 2. The van der Waals surface area contributed by atoms with E-state index in [1.807, 2.05) is 6.92 Å². The minimum Gasteiger partial charge on any atom is -0.469 e. The summed E-state index contributed by atoms with van der Waals surface area (Å²) in [5.41, 5.74) is 4.60. The second kappa shape index (κ2) is 13.5. The first kappa shape index (κ1) is 35.7. The number of rotatable bonds is 8. The number of hydrogen-bond acceptors (Lipinski definition) is 13. The van der Waals surface area contributed by atoms with Crippen LogP contribution in [-0.4, -0.2) is 90.7 Å². The maximum Gasteiger partial charge on any atom is 0.348 e. The molecule has 46 heavy (non-hydrogen) atoms. The fourth-order valence-electron chi connectivity index (χ4n) is 8.28. The Bertz CT molecular complexity index is 1320. The number of Topliss-reactive ketones (excluding diaryl/α,β-unsaturated/α-hetero) is 1. The molecular formula is C33H47NO12. The molecular weight excluding hydrogens is 602 g/mol. The average molecular weight is 650 g/mol. The van der Waals surface area contributed by atoms with Gasteiger partial charge in [0.1, 0.15) is 18.2 Å². The maximum atomic E-state index is 13.9. The highest BCUT2D eigenvalue weighted by molar-refractivity contribution is 5.98. The zero-order valence-electron chi connectivity index (χ0n) is 27.6. The summed E-state index contributed by atoms with van der Waals surface area (Å²) >= 11 is 0. The normalized spacial score (nSPS) is 36.9. The third-order valence-electron chi connectivity index (χ3n) is 10.7. The molecule has 3 fully saturated rings. The SMILES string of the molecule is CC[C@H](C)[C@H](N)C(=O)OC1=C(C)[C@@H]2C[C@H]3OC(=O)[C@H](OC(=O)C=C(C)C)[C@@H](CC(=O)OC)[C@]34COC[C@@H](O)[C@H](O)C4[C@@]2(C)CC1=O. The molecule has 4 N–H and O–H groups in total. The molecule has 13 heteroatoms. The van der Waals surface area contributed by atoms with Gasteiger partial charge in [-0.1, -0.05) is 32.8 Å². The van der Waals surface area contributed by atoms with Crippen LogP contribution in [0.2, 0.25) is 0 Å². The Morgan fingerprint density at radius 2 is 1.87 bits per heavy atom. The molecule has 1 unspecified atom stereocenters. The number of nitrogens with two attached hydrogens (primary N) is 1. The van der Waals surface area contributed by atoms with Gasteiger partial charge in [-0.25, -0.2) is 14.4 Å². The number of ketones is 1. The second-order valence-corrected chi connectivity index (χ2v) is 13.8. The molecule has 1 saturated carbocycles. The van der Waals surface area contributed by atoms with Crippen molar-refractivity contribution in [3.8, 4) is 0 Å². The molecule has 0 amide bonds. The largest absolute Gasteiger partial charge is 0.469 e. The molecule has 13 nitrogen and oxygen atoms in total. The highest BCUT2D eigenvalue weighted by Gasteiger charge is 2.72. The van der Waals surface area contributed by atoms with Gasteiger partial charge in [0, 0.05) is 29.7 Å². The van der Waals surface area contributed by atoms with Crippen LogP contribution in [0.4, 0.5) is 0 Å². The van der Waals surface area contributed by atoms with Crippen LogP contribution in [0.15, 0.2) is 23.0 Å². The molecule has 256 valence electrons. The Balaban J connectivity index is 1.88. The van der Waals surface area contributed by atoms with Gasteiger partial charge in [0.15, 0.2) is 11.5 Å². The topological polar surface area (TPSA) is 198 Å². The molecule has 2 saturated heterocycles. The third kappa shape index (κ3) is 6.14. The van der Waals surface area contributed by atoms with Crippen LogP contribution in [0.5, 0.6) is 0 Å². The van der Waals surface area contributed by atoms with Crippen LogP contribution in [0.1, 0.15) is 67.2 Å². The van der Waals surface area contributed by atoms with Gasteiger partial charge in [-0.2, -0.15) is 0 Å². The van der Waals surface area contributed by atoms with Gasteiger partial charge < -0.3 is 39.6 Å². The van der Waals surface area contributed by atoms with Gasteiger partial charge in [0.2, 0.25) is 6.10 Å². The van der Waals surface area contributed by atoms with Gasteiger partial charge in [-0.3, -0.25) is 9.59 Å². The Morgan fingerprint density at radius 1 is 1.20 bits per heavy atom. The van der Waals surface area contributed by atoms with Crippen molar-refractivity contribution in [3.05, 3.63) is 23.0 Å². The lowest BCUT2D eigenvalue weighted by atomic mass is 9.41. The average Bonchev–Trinajstić information content (AvgIpc) is 3.12. The number of allylic oxidation sites excluding steroid dienone is 3. The Labute approximate surface area is 268 Å². The molecule has 2 aliphatic carbocycles. The van der Waals surface area contributed by atoms with Crippen LogP contribution < -0.4 is 5.73 Å². The number of carbonyl (C=O) groups is 5. The van der Waals surface area contributed by atoms with E-state index < -0.39 is 95.1 Å². The lowest BCUT2D eigenvalue weighted by Gasteiger charge is -2.65. The smallest absolute Gasteiger partial charge is 0.348 e. The van der Waals surface area contributed by atoms with E-state index in [1.54, 1.807) is 34.6 Å². The minimum absolute atomic E-state index is 0.106. The van der Waals surface area contributed by atoms with Crippen LogP contribution in [-0.2, 0) is 47.7 Å². The molecule has 0 aromatic rings. The van der Waals surface area contributed by atoms with E-state index in [0.29, 0.717) is 17.6 Å². The monoisotopic (exact) mass is 649 g/mol. The highest BCUT2D eigenvalue weighted by atomic mass is 16.6. The van der Waals surface area contributed by atoms with Crippen LogP contribution in [0, 0.1) is 34.5 Å². The van der Waals surface area contributed by atoms with Crippen LogP contribution in [0.3, 0.4) is 0 Å². The van der Waals surface area contributed by atoms with E-state index in [-0.39, 0.29) is 37.7 Å². The summed E-state index contributed by atoms with van der Waals surface area (Å²) in [5, 5.41) is 22.9. The standard InChI is InChI=1S/C33H47NO12/c1-8-16(4)25(34)30(40)46-27-17(5)18-10-22-33(14-43-13-21(36)26(39)29(33)32(18,6)12-20(27)35)19(11-23(37)42-7)28(31(41)44-22)45-24(38)9-15(2)3/h9,16,18-19,21-22,25-26,28-29,36,39H,8,10-14,34H2,1-7H3/t16-,18-,19+,21+,22+,25-,26-,28+,29?,32-,33+/m0/s1. The Hall–Kier alpha value is -3.13. The first-order valence-corrected chi connectivity index (χ1v) is 15.8. The zero-order chi connectivity index (χ0) is 34.3. The van der Waals surface area contributed by atoms with E-state index in [1.165, 1.54) is 13.2 Å². The van der Waals surface area contributed by atoms with Crippen molar-refractivity contribution in [2.24, 2.45) is 40.2 Å². The van der Waals surface area contributed by atoms with E-state index in [4.69, 9.17) is 29.4 Å². The number of fused-ring (bicyclic) bond motifs is 2. The quantitative estimate of drug-likeness (QED) is 0.194. The highest BCUT2D eigenvalue weighted by Crippen LogP contribution is 2.67. The van der Waals surface area contributed by atoms with Gasteiger partial charge in [-0.15, -0.1) is 0 Å². The first-order chi connectivity index (χ1) is 21.5. The van der Waals surface area contributed by atoms with Crippen molar-refractivity contribution in [2.75, 3.05) is 20.3 Å².